The van der Waals surface area contributed by atoms with Crippen LogP contribution in [0.3, 0.4) is 0 Å². The summed E-state index contributed by atoms with van der Waals surface area (Å²) < 4.78 is 27.0. The molecule has 0 aliphatic rings. The Hall–Kier alpha value is -2.39. The van der Waals surface area contributed by atoms with E-state index in [1.807, 2.05) is 45.0 Å². The zero-order chi connectivity index (χ0) is 24.8. The van der Waals surface area contributed by atoms with Gasteiger partial charge in [0.25, 0.3) is 0 Å². The number of nitrogens with zero attached hydrogens (tertiary/aromatic N) is 2. The van der Waals surface area contributed by atoms with Crippen LogP contribution in [0.25, 0.3) is 0 Å². The maximum atomic E-state index is 13.4. The van der Waals surface area contributed by atoms with Crippen LogP contribution in [0.15, 0.2) is 53.0 Å². The molecule has 0 bridgehead atoms. The number of carbonyl (C=O) groups is 2. The SMILES string of the molecule is CC[C@H](C)NC(=O)[C@@H](C)N(Cc1ccc(Br)cc1)C(=O)CN(c1ccc(C)cc1)S(C)(=O)=O. The summed E-state index contributed by atoms with van der Waals surface area (Å²) in [5.74, 6) is -0.744. The minimum Gasteiger partial charge on any atom is -0.352 e. The fraction of sp³-hybridized carbons (Fsp3) is 0.417. The van der Waals surface area contributed by atoms with Crippen molar-refractivity contribution < 1.29 is 18.0 Å². The molecule has 0 unspecified atom stereocenters. The van der Waals surface area contributed by atoms with Gasteiger partial charge in [0.2, 0.25) is 21.8 Å². The summed E-state index contributed by atoms with van der Waals surface area (Å²) >= 11 is 3.40. The number of carbonyl (C=O) groups excluding carboxylic acids is 2. The molecule has 2 aromatic carbocycles. The van der Waals surface area contributed by atoms with Crippen LogP contribution in [0.5, 0.6) is 0 Å². The third-order valence-electron chi connectivity index (χ3n) is 5.44. The van der Waals surface area contributed by atoms with E-state index in [9.17, 15) is 18.0 Å². The second-order valence-electron chi connectivity index (χ2n) is 8.25. The summed E-state index contributed by atoms with van der Waals surface area (Å²) in [6.07, 6.45) is 1.83. The normalized spacial score (nSPS) is 13.2. The van der Waals surface area contributed by atoms with Crippen LogP contribution in [0, 0.1) is 6.92 Å². The van der Waals surface area contributed by atoms with E-state index >= 15 is 0 Å². The first-order valence-corrected chi connectivity index (χ1v) is 13.4. The predicted octanol–water partition coefficient (Wildman–Crippen LogP) is 3.86. The highest BCUT2D eigenvalue weighted by atomic mass is 79.9. The molecule has 180 valence electrons. The highest BCUT2D eigenvalue weighted by Crippen LogP contribution is 2.20. The minimum atomic E-state index is -3.73. The molecule has 2 aromatic rings. The first-order chi connectivity index (χ1) is 15.4. The van der Waals surface area contributed by atoms with Gasteiger partial charge in [-0.1, -0.05) is 52.7 Å². The summed E-state index contributed by atoms with van der Waals surface area (Å²) in [7, 11) is -3.73. The summed E-state index contributed by atoms with van der Waals surface area (Å²) in [6, 6.07) is 13.5. The van der Waals surface area contributed by atoms with E-state index in [4.69, 9.17) is 0 Å². The molecule has 0 radical (unpaired) electrons. The second-order valence-corrected chi connectivity index (χ2v) is 11.1. The van der Waals surface area contributed by atoms with E-state index in [2.05, 4.69) is 21.2 Å². The van der Waals surface area contributed by atoms with Crippen molar-refractivity contribution in [2.24, 2.45) is 0 Å². The van der Waals surface area contributed by atoms with E-state index in [1.54, 1.807) is 31.2 Å². The molecule has 0 aliphatic heterocycles. The van der Waals surface area contributed by atoms with E-state index in [0.29, 0.717) is 5.69 Å². The minimum absolute atomic E-state index is 0.0374. The largest absolute Gasteiger partial charge is 0.352 e. The van der Waals surface area contributed by atoms with Crippen LogP contribution in [0.1, 0.15) is 38.3 Å². The van der Waals surface area contributed by atoms with Crippen molar-refractivity contribution in [2.75, 3.05) is 17.1 Å². The van der Waals surface area contributed by atoms with Crippen molar-refractivity contribution in [1.29, 1.82) is 0 Å². The summed E-state index contributed by atoms with van der Waals surface area (Å²) in [6.45, 7) is 7.19. The number of amides is 2. The van der Waals surface area contributed by atoms with Gasteiger partial charge in [0.15, 0.2) is 0 Å². The number of halogens is 1. The number of rotatable bonds is 10. The van der Waals surface area contributed by atoms with Gasteiger partial charge < -0.3 is 10.2 Å². The quantitative estimate of drug-likeness (QED) is 0.498. The lowest BCUT2D eigenvalue weighted by atomic mass is 10.1. The molecule has 9 heteroatoms. The number of nitrogens with one attached hydrogen (secondary N) is 1. The van der Waals surface area contributed by atoms with Gasteiger partial charge in [-0.15, -0.1) is 0 Å². The zero-order valence-electron chi connectivity index (χ0n) is 19.7. The Labute approximate surface area is 205 Å². The number of aryl methyl sites for hydroxylation is 1. The lowest BCUT2D eigenvalue weighted by Crippen LogP contribution is -2.52. The maximum Gasteiger partial charge on any atom is 0.244 e. The van der Waals surface area contributed by atoms with Crippen molar-refractivity contribution in [3.63, 3.8) is 0 Å². The van der Waals surface area contributed by atoms with Crippen LogP contribution >= 0.6 is 15.9 Å². The molecule has 1 N–H and O–H groups in total. The molecule has 0 aromatic heterocycles. The Morgan fingerprint density at radius 2 is 1.61 bits per heavy atom. The van der Waals surface area contributed by atoms with Crippen molar-refractivity contribution in [2.45, 2.75) is 52.7 Å². The molecule has 0 aliphatic carbocycles. The van der Waals surface area contributed by atoms with E-state index in [0.717, 1.165) is 32.6 Å². The van der Waals surface area contributed by atoms with Gasteiger partial charge in [-0.05, 0) is 57.0 Å². The Kier molecular flexibility index (Phi) is 9.48. The maximum absolute atomic E-state index is 13.4. The highest BCUT2D eigenvalue weighted by molar-refractivity contribution is 9.10. The number of hydrogen-bond acceptors (Lipinski definition) is 4. The smallest absolute Gasteiger partial charge is 0.244 e. The van der Waals surface area contributed by atoms with Gasteiger partial charge in [0, 0.05) is 17.1 Å². The van der Waals surface area contributed by atoms with Gasteiger partial charge in [-0.25, -0.2) is 8.42 Å². The van der Waals surface area contributed by atoms with Crippen LogP contribution in [0.4, 0.5) is 5.69 Å². The van der Waals surface area contributed by atoms with Crippen LogP contribution < -0.4 is 9.62 Å². The molecule has 2 atom stereocenters. The van der Waals surface area contributed by atoms with Crippen molar-refractivity contribution in [3.05, 3.63) is 64.1 Å². The molecule has 0 fully saturated rings. The van der Waals surface area contributed by atoms with E-state index in [1.165, 1.54) is 4.90 Å². The standard InChI is InChI=1S/C24H32BrN3O4S/c1-6-18(3)26-24(30)19(4)27(15-20-9-11-21(25)12-10-20)23(29)16-28(33(5,31)32)22-13-7-17(2)8-14-22/h7-14,18-19H,6,15-16H2,1-5H3,(H,26,30)/t18-,19+/m0/s1. The third-order valence-corrected chi connectivity index (χ3v) is 7.10. The van der Waals surface area contributed by atoms with Crippen molar-refractivity contribution in [1.82, 2.24) is 10.2 Å². The lowest BCUT2D eigenvalue weighted by molar-refractivity contribution is -0.139. The number of anilines is 1. The molecule has 7 nitrogen and oxygen atoms in total. The number of sulfonamides is 1. The number of benzene rings is 2. The molecular weight excluding hydrogens is 506 g/mol. The molecular formula is C24H32BrN3O4S. The Morgan fingerprint density at radius 3 is 2.12 bits per heavy atom. The molecule has 0 saturated carbocycles. The summed E-state index contributed by atoms with van der Waals surface area (Å²) in [5, 5.41) is 2.91. The van der Waals surface area contributed by atoms with Gasteiger partial charge in [0.05, 0.1) is 11.9 Å². The number of hydrogen-bond donors (Lipinski definition) is 1. The van der Waals surface area contributed by atoms with Crippen LogP contribution in [-0.2, 0) is 26.2 Å². The van der Waals surface area contributed by atoms with E-state index < -0.39 is 28.5 Å². The fourth-order valence-corrected chi connectivity index (χ4v) is 4.27. The molecule has 2 rings (SSSR count). The van der Waals surface area contributed by atoms with Crippen LogP contribution in [0.2, 0.25) is 0 Å². The van der Waals surface area contributed by atoms with E-state index in [-0.39, 0.29) is 18.5 Å². The van der Waals surface area contributed by atoms with Gasteiger partial charge in [-0.2, -0.15) is 0 Å². The monoisotopic (exact) mass is 537 g/mol. The molecule has 0 saturated heterocycles. The van der Waals surface area contributed by atoms with Gasteiger partial charge in [-0.3, -0.25) is 13.9 Å². The second kappa shape index (κ2) is 11.7. The summed E-state index contributed by atoms with van der Waals surface area (Å²) in [5.41, 5.74) is 2.21. The molecule has 33 heavy (non-hydrogen) atoms. The lowest BCUT2D eigenvalue weighted by Gasteiger charge is -2.32. The summed E-state index contributed by atoms with van der Waals surface area (Å²) in [4.78, 5) is 27.7. The highest BCUT2D eigenvalue weighted by Gasteiger charge is 2.30. The average molecular weight is 539 g/mol. The van der Waals surface area contributed by atoms with Gasteiger partial charge >= 0.3 is 0 Å². The zero-order valence-corrected chi connectivity index (χ0v) is 22.1. The topological polar surface area (TPSA) is 86.8 Å². The Morgan fingerprint density at radius 1 is 1.03 bits per heavy atom. The first kappa shape index (κ1) is 26.9. The first-order valence-electron chi connectivity index (χ1n) is 10.8. The predicted molar refractivity (Wildman–Crippen MR) is 135 cm³/mol. The Bertz CT molecular complexity index is 1060. The van der Waals surface area contributed by atoms with Gasteiger partial charge in [0.1, 0.15) is 12.6 Å². The molecule has 2 amide bonds. The van der Waals surface area contributed by atoms with Crippen LogP contribution in [-0.4, -0.2) is 50.0 Å². The average Bonchev–Trinajstić information content (AvgIpc) is 2.76. The van der Waals surface area contributed by atoms with Crippen molar-refractivity contribution in [3.8, 4) is 0 Å². The van der Waals surface area contributed by atoms with Crippen molar-refractivity contribution >= 4 is 43.5 Å². The fourth-order valence-electron chi connectivity index (χ4n) is 3.16. The third kappa shape index (κ3) is 7.85. The Balaban J connectivity index is 2.36. The molecule has 0 spiro atoms. The molecule has 0 heterocycles.